The number of oxazole rings is 1. The van der Waals surface area contributed by atoms with Crippen LogP contribution in [0.5, 0.6) is 0 Å². The maximum absolute atomic E-state index is 13.0. The maximum atomic E-state index is 13.0. The van der Waals surface area contributed by atoms with Crippen LogP contribution in [0, 0.1) is 0 Å². The van der Waals surface area contributed by atoms with Crippen LogP contribution >= 0.6 is 0 Å². The van der Waals surface area contributed by atoms with Crippen molar-refractivity contribution < 1.29 is 14.0 Å². The van der Waals surface area contributed by atoms with Crippen LogP contribution in [0.25, 0.3) is 11.1 Å². The van der Waals surface area contributed by atoms with Gasteiger partial charge in [-0.15, -0.1) is 0 Å². The van der Waals surface area contributed by atoms with Gasteiger partial charge in [0, 0.05) is 26.1 Å². The molecule has 2 amide bonds. The molecule has 1 aliphatic heterocycles. The third kappa shape index (κ3) is 2.46. The fraction of sp³-hybridized carbons (Fsp3) is 0.211. The Balaban J connectivity index is 1.67. The summed E-state index contributed by atoms with van der Waals surface area (Å²) in [6.45, 7) is 1.47. The summed E-state index contributed by atoms with van der Waals surface area (Å²) in [6.07, 6.45) is 0.485. The normalized spacial score (nSPS) is 16.1. The van der Waals surface area contributed by atoms with Crippen molar-refractivity contribution in [3.8, 4) is 0 Å². The number of para-hydroxylation sites is 3. The van der Waals surface area contributed by atoms with Gasteiger partial charge in [0.25, 0.3) is 5.91 Å². The molecule has 0 saturated carbocycles. The summed E-state index contributed by atoms with van der Waals surface area (Å²) in [4.78, 5) is 32.5. The summed E-state index contributed by atoms with van der Waals surface area (Å²) in [7, 11) is 1.62. The molecule has 25 heavy (non-hydrogen) atoms. The lowest BCUT2D eigenvalue weighted by Crippen LogP contribution is -2.48. The molecule has 0 saturated heterocycles. The number of hydrogen-bond donors (Lipinski definition) is 0. The van der Waals surface area contributed by atoms with Gasteiger partial charge in [-0.1, -0.05) is 30.3 Å². The number of fused-ring (bicyclic) bond motifs is 2. The second-order valence-corrected chi connectivity index (χ2v) is 6.10. The van der Waals surface area contributed by atoms with Crippen molar-refractivity contribution in [2.24, 2.45) is 0 Å². The average molecular weight is 335 g/mol. The van der Waals surface area contributed by atoms with Crippen molar-refractivity contribution in [3.05, 3.63) is 54.1 Å². The van der Waals surface area contributed by atoms with E-state index in [1.165, 1.54) is 11.8 Å². The Morgan fingerprint density at radius 2 is 1.88 bits per heavy atom. The molecule has 0 aliphatic carbocycles. The van der Waals surface area contributed by atoms with Gasteiger partial charge in [0.05, 0.1) is 0 Å². The minimum atomic E-state index is -0.588. The monoisotopic (exact) mass is 335 g/mol. The van der Waals surface area contributed by atoms with Crippen LogP contribution in [0.1, 0.15) is 12.5 Å². The van der Waals surface area contributed by atoms with Crippen molar-refractivity contribution in [1.82, 2.24) is 4.98 Å². The van der Waals surface area contributed by atoms with Gasteiger partial charge in [0.15, 0.2) is 5.58 Å². The van der Waals surface area contributed by atoms with Gasteiger partial charge in [-0.05, 0) is 23.8 Å². The van der Waals surface area contributed by atoms with Crippen LogP contribution in [0.2, 0.25) is 0 Å². The summed E-state index contributed by atoms with van der Waals surface area (Å²) in [6, 6.07) is 14.6. The molecule has 6 heteroatoms. The Kier molecular flexibility index (Phi) is 3.53. The van der Waals surface area contributed by atoms with Crippen molar-refractivity contribution in [2.45, 2.75) is 19.4 Å². The molecule has 2 heterocycles. The molecule has 126 valence electrons. The summed E-state index contributed by atoms with van der Waals surface area (Å²) in [5, 5.41) is 0. The Hall–Kier alpha value is -3.15. The van der Waals surface area contributed by atoms with Gasteiger partial charge in [0.1, 0.15) is 11.6 Å². The van der Waals surface area contributed by atoms with Crippen molar-refractivity contribution >= 4 is 34.6 Å². The molecule has 0 bridgehead atoms. The number of amides is 2. The number of anilines is 2. The smallest absolute Gasteiger partial charge is 0.305 e. The first-order valence-corrected chi connectivity index (χ1v) is 8.07. The van der Waals surface area contributed by atoms with E-state index in [0.29, 0.717) is 17.5 Å². The molecule has 0 unspecified atom stereocenters. The Bertz CT molecular complexity index is 946. The lowest BCUT2D eigenvalue weighted by atomic mass is 10.1. The molecule has 3 aromatic rings. The lowest BCUT2D eigenvalue weighted by Gasteiger charge is -2.26. The summed E-state index contributed by atoms with van der Waals surface area (Å²) in [5.74, 6) is -0.382. The zero-order valence-electron chi connectivity index (χ0n) is 14.0. The number of carbonyl (C=O) groups excluding carboxylic acids is 2. The molecular formula is C19H17N3O3. The Morgan fingerprint density at radius 3 is 2.64 bits per heavy atom. The fourth-order valence-corrected chi connectivity index (χ4v) is 3.29. The van der Waals surface area contributed by atoms with E-state index in [4.69, 9.17) is 4.42 Å². The number of benzene rings is 2. The SMILES string of the molecule is CC(=O)N1c2ccccc2C[C@H]1C(=O)N(C)c1nc2ccccc2o1. The quantitative estimate of drug-likeness (QED) is 0.722. The van der Waals surface area contributed by atoms with Gasteiger partial charge in [-0.25, -0.2) is 0 Å². The van der Waals surface area contributed by atoms with E-state index in [0.717, 1.165) is 11.3 Å². The van der Waals surface area contributed by atoms with E-state index in [-0.39, 0.29) is 17.8 Å². The predicted octanol–water partition coefficient (Wildman–Crippen LogP) is 2.77. The van der Waals surface area contributed by atoms with Crippen molar-refractivity contribution in [1.29, 1.82) is 0 Å². The van der Waals surface area contributed by atoms with Crippen LogP contribution in [0.3, 0.4) is 0 Å². The van der Waals surface area contributed by atoms with Gasteiger partial charge in [0.2, 0.25) is 5.91 Å². The first kappa shape index (κ1) is 15.4. The molecule has 6 nitrogen and oxygen atoms in total. The number of rotatable bonds is 2. The summed E-state index contributed by atoms with van der Waals surface area (Å²) in [5.41, 5.74) is 3.09. The van der Waals surface area contributed by atoms with Crippen LogP contribution in [0.15, 0.2) is 52.9 Å². The number of carbonyl (C=O) groups is 2. The average Bonchev–Trinajstić information content (AvgIpc) is 3.21. The molecule has 2 aromatic carbocycles. The fourth-order valence-electron chi connectivity index (χ4n) is 3.29. The molecule has 4 rings (SSSR count). The van der Waals surface area contributed by atoms with Crippen LogP contribution in [0.4, 0.5) is 11.7 Å². The Morgan fingerprint density at radius 1 is 1.16 bits per heavy atom. The topological polar surface area (TPSA) is 66.7 Å². The molecule has 1 aromatic heterocycles. The summed E-state index contributed by atoms with van der Waals surface area (Å²) >= 11 is 0. The highest BCUT2D eigenvalue weighted by Crippen LogP contribution is 2.33. The molecule has 0 N–H and O–H groups in total. The third-order valence-corrected chi connectivity index (χ3v) is 4.50. The highest BCUT2D eigenvalue weighted by Gasteiger charge is 2.39. The van der Waals surface area contributed by atoms with Gasteiger partial charge < -0.3 is 4.42 Å². The highest BCUT2D eigenvalue weighted by molar-refractivity contribution is 6.07. The molecule has 1 atom stereocenters. The number of nitrogens with zero attached hydrogens (tertiary/aromatic N) is 3. The number of aromatic nitrogens is 1. The largest absolute Gasteiger partial charge is 0.423 e. The van der Waals surface area contributed by atoms with Gasteiger partial charge >= 0.3 is 6.01 Å². The first-order valence-electron chi connectivity index (χ1n) is 8.07. The predicted molar refractivity (Wildman–Crippen MR) is 94.5 cm³/mol. The van der Waals surface area contributed by atoms with Crippen LogP contribution in [-0.2, 0) is 16.0 Å². The zero-order chi connectivity index (χ0) is 17.6. The third-order valence-electron chi connectivity index (χ3n) is 4.50. The van der Waals surface area contributed by atoms with Gasteiger partial charge in [-0.2, -0.15) is 4.98 Å². The molecule has 0 fully saturated rings. The van der Waals surface area contributed by atoms with Crippen LogP contribution < -0.4 is 9.80 Å². The second kappa shape index (κ2) is 5.73. The van der Waals surface area contributed by atoms with E-state index in [1.54, 1.807) is 18.0 Å². The molecular weight excluding hydrogens is 318 g/mol. The minimum Gasteiger partial charge on any atom is -0.423 e. The van der Waals surface area contributed by atoms with E-state index >= 15 is 0 Å². The standard InChI is InChI=1S/C19H17N3O3/c1-12(23)22-15-9-5-3-7-13(15)11-16(22)18(24)21(2)19-20-14-8-4-6-10-17(14)25-19/h3-10,16H,11H2,1-2H3/t16-/m0/s1. The maximum Gasteiger partial charge on any atom is 0.305 e. The lowest BCUT2D eigenvalue weighted by molar-refractivity contribution is -0.123. The van der Waals surface area contributed by atoms with E-state index in [2.05, 4.69) is 4.98 Å². The second-order valence-electron chi connectivity index (χ2n) is 6.10. The van der Waals surface area contributed by atoms with E-state index in [9.17, 15) is 9.59 Å². The van der Waals surface area contributed by atoms with E-state index in [1.807, 2.05) is 42.5 Å². The number of hydrogen-bond acceptors (Lipinski definition) is 4. The van der Waals surface area contributed by atoms with Crippen molar-refractivity contribution in [3.63, 3.8) is 0 Å². The number of likely N-dealkylation sites (N-methyl/N-ethyl adjacent to an activating group) is 1. The zero-order valence-corrected chi connectivity index (χ0v) is 14.0. The summed E-state index contributed by atoms with van der Waals surface area (Å²) < 4.78 is 5.67. The molecule has 0 spiro atoms. The molecule has 0 radical (unpaired) electrons. The van der Waals surface area contributed by atoms with Crippen molar-refractivity contribution in [2.75, 3.05) is 16.8 Å². The minimum absolute atomic E-state index is 0.158. The molecule has 1 aliphatic rings. The van der Waals surface area contributed by atoms with Gasteiger partial charge in [-0.3, -0.25) is 19.4 Å². The van der Waals surface area contributed by atoms with Crippen LogP contribution in [-0.4, -0.2) is 29.9 Å². The first-order chi connectivity index (χ1) is 12.1. The Labute approximate surface area is 144 Å². The highest BCUT2D eigenvalue weighted by atomic mass is 16.4. The van der Waals surface area contributed by atoms with E-state index < -0.39 is 6.04 Å².